The summed E-state index contributed by atoms with van der Waals surface area (Å²) in [6.07, 6.45) is 0. The summed E-state index contributed by atoms with van der Waals surface area (Å²) in [5.74, 6) is -0.258. The van der Waals surface area contributed by atoms with Crippen molar-refractivity contribution in [3.63, 3.8) is 0 Å². The number of nitrogens with two attached hydrogens (primary N) is 1. The quantitative estimate of drug-likeness (QED) is 0.713. The fraction of sp³-hybridized carbons (Fsp3) is 0. The first kappa shape index (κ1) is 14.4. The predicted molar refractivity (Wildman–Crippen MR) is 85.7 cm³/mol. The zero-order valence-electron chi connectivity index (χ0n) is 9.58. The van der Waals surface area contributed by atoms with Gasteiger partial charge in [-0.15, -0.1) is 0 Å². The van der Waals surface area contributed by atoms with Crippen molar-refractivity contribution >= 4 is 60.7 Å². The van der Waals surface area contributed by atoms with E-state index in [1.54, 1.807) is 36.4 Å². The van der Waals surface area contributed by atoms with Crippen LogP contribution in [0.25, 0.3) is 0 Å². The number of carbonyl (C=O) groups excluding carboxylic acids is 1. The molecule has 0 aliphatic rings. The Morgan fingerprint density at radius 3 is 2.58 bits per heavy atom. The van der Waals surface area contributed by atoms with Gasteiger partial charge < -0.3 is 11.1 Å². The van der Waals surface area contributed by atoms with Crippen LogP contribution in [-0.4, -0.2) is 5.91 Å². The van der Waals surface area contributed by atoms with E-state index >= 15 is 0 Å². The van der Waals surface area contributed by atoms with Gasteiger partial charge >= 0.3 is 0 Å². The molecule has 0 aromatic heterocycles. The third kappa shape index (κ3) is 3.49. The molecule has 0 aliphatic heterocycles. The van der Waals surface area contributed by atoms with Crippen molar-refractivity contribution in [2.45, 2.75) is 0 Å². The molecular formula is C13H9Br2ClN2O. The summed E-state index contributed by atoms with van der Waals surface area (Å²) in [6.45, 7) is 0. The van der Waals surface area contributed by atoms with Gasteiger partial charge in [0.05, 0.1) is 16.3 Å². The molecule has 2 aromatic rings. The normalized spacial score (nSPS) is 10.3. The smallest absolute Gasteiger partial charge is 0.256 e. The molecule has 0 saturated heterocycles. The topological polar surface area (TPSA) is 55.1 Å². The highest BCUT2D eigenvalue weighted by molar-refractivity contribution is 9.11. The number of benzene rings is 2. The molecule has 0 spiro atoms. The fourth-order valence-corrected chi connectivity index (χ4v) is 2.89. The Balaban J connectivity index is 2.28. The van der Waals surface area contributed by atoms with Gasteiger partial charge in [-0.05, 0) is 52.3 Å². The van der Waals surface area contributed by atoms with E-state index < -0.39 is 0 Å². The summed E-state index contributed by atoms with van der Waals surface area (Å²) in [7, 11) is 0. The highest BCUT2D eigenvalue weighted by Gasteiger charge is 2.12. The molecular weight excluding hydrogens is 395 g/mol. The Kier molecular flexibility index (Phi) is 4.50. The first-order valence-corrected chi connectivity index (χ1v) is 7.25. The maximum Gasteiger partial charge on any atom is 0.256 e. The third-order valence-corrected chi connectivity index (χ3v) is 3.89. The van der Waals surface area contributed by atoms with Crippen LogP contribution in [0.2, 0.25) is 5.02 Å². The number of anilines is 2. The van der Waals surface area contributed by atoms with Crippen molar-refractivity contribution in [3.8, 4) is 0 Å². The van der Waals surface area contributed by atoms with E-state index in [-0.39, 0.29) is 5.91 Å². The molecule has 2 aromatic carbocycles. The second-order valence-electron chi connectivity index (χ2n) is 3.82. The number of amides is 1. The summed E-state index contributed by atoms with van der Waals surface area (Å²) >= 11 is 12.7. The molecule has 0 fully saturated rings. The molecule has 1 amide bonds. The minimum Gasteiger partial charge on any atom is -0.399 e. The van der Waals surface area contributed by atoms with Crippen LogP contribution in [-0.2, 0) is 0 Å². The Bertz CT molecular complexity index is 647. The Morgan fingerprint density at radius 2 is 1.89 bits per heavy atom. The lowest BCUT2D eigenvalue weighted by Gasteiger charge is -2.09. The second-order valence-corrected chi connectivity index (χ2v) is 5.99. The first-order chi connectivity index (χ1) is 8.97. The molecule has 0 atom stereocenters. The number of carbonyl (C=O) groups is 1. The molecule has 0 aliphatic carbocycles. The molecule has 3 N–H and O–H groups in total. The van der Waals surface area contributed by atoms with E-state index in [2.05, 4.69) is 37.2 Å². The van der Waals surface area contributed by atoms with Gasteiger partial charge in [-0.25, -0.2) is 0 Å². The lowest BCUT2D eigenvalue weighted by Crippen LogP contribution is -2.13. The van der Waals surface area contributed by atoms with Crippen molar-refractivity contribution < 1.29 is 4.79 Å². The van der Waals surface area contributed by atoms with Gasteiger partial charge in [-0.2, -0.15) is 0 Å². The van der Waals surface area contributed by atoms with Gasteiger partial charge in [0.15, 0.2) is 0 Å². The van der Waals surface area contributed by atoms with Gasteiger partial charge in [0.2, 0.25) is 0 Å². The zero-order valence-corrected chi connectivity index (χ0v) is 13.5. The summed E-state index contributed by atoms with van der Waals surface area (Å²) in [5, 5.41) is 3.17. The van der Waals surface area contributed by atoms with E-state index in [0.29, 0.717) is 26.4 Å². The van der Waals surface area contributed by atoms with Crippen molar-refractivity contribution in [2.75, 3.05) is 11.1 Å². The molecule has 19 heavy (non-hydrogen) atoms. The van der Waals surface area contributed by atoms with Gasteiger partial charge in [-0.3, -0.25) is 4.79 Å². The minimum atomic E-state index is -0.258. The molecule has 0 heterocycles. The highest BCUT2D eigenvalue weighted by Crippen LogP contribution is 2.27. The Morgan fingerprint density at radius 1 is 1.16 bits per heavy atom. The standard InChI is InChI=1S/C13H9Br2ClN2O/c14-7-1-3-9(10(15)5-7)13(19)18-12-6-8(17)2-4-11(12)16/h1-6H,17H2,(H,18,19). The first-order valence-electron chi connectivity index (χ1n) is 5.29. The van der Waals surface area contributed by atoms with Crippen LogP contribution < -0.4 is 11.1 Å². The van der Waals surface area contributed by atoms with Crippen LogP contribution in [0.5, 0.6) is 0 Å². The van der Waals surface area contributed by atoms with E-state index in [9.17, 15) is 4.79 Å². The van der Waals surface area contributed by atoms with Crippen molar-refractivity contribution in [3.05, 3.63) is 55.9 Å². The molecule has 0 saturated carbocycles. The van der Waals surface area contributed by atoms with Gasteiger partial charge in [0, 0.05) is 14.6 Å². The van der Waals surface area contributed by atoms with Gasteiger partial charge in [0.1, 0.15) is 0 Å². The van der Waals surface area contributed by atoms with Crippen molar-refractivity contribution in [2.24, 2.45) is 0 Å². The maximum absolute atomic E-state index is 12.2. The molecule has 98 valence electrons. The SMILES string of the molecule is Nc1ccc(Cl)c(NC(=O)c2ccc(Br)cc2Br)c1. The van der Waals surface area contributed by atoms with E-state index in [4.69, 9.17) is 17.3 Å². The van der Waals surface area contributed by atoms with Crippen LogP contribution in [0, 0.1) is 0 Å². The maximum atomic E-state index is 12.2. The average molecular weight is 404 g/mol. The lowest BCUT2D eigenvalue weighted by molar-refractivity contribution is 0.102. The minimum absolute atomic E-state index is 0.258. The summed E-state index contributed by atoms with van der Waals surface area (Å²) in [5.41, 5.74) is 7.21. The van der Waals surface area contributed by atoms with Crippen molar-refractivity contribution in [1.82, 2.24) is 0 Å². The molecule has 0 radical (unpaired) electrons. The molecule has 2 rings (SSSR count). The number of nitrogens with one attached hydrogen (secondary N) is 1. The highest BCUT2D eigenvalue weighted by atomic mass is 79.9. The number of nitrogen functional groups attached to an aromatic ring is 1. The second kappa shape index (κ2) is 5.94. The monoisotopic (exact) mass is 402 g/mol. The summed E-state index contributed by atoms with van der Waals surface area (Å²) < 4.78 is 1.58. The van der Waals surface area contributed by atoms with Crippen LogP contribution >= 0.6 is 43.5 Å². The Labute approximate surface area is 132 Å². The number of rotatable bonds is 2. The predicted octanol–water partition coefficient (Wildman–Crippen LogP) is 4.70. The zero-order chi connectivity index (χ0) is 14.0. The van der Waals surface area contributed by atoms with Crippen LogP contribution in [0.3, 0.4) is 0 Å². The van der Waals surface area contributed by atoms with Gasteiger partial charge in [0.25, 0.3) is 5.91 Å². The average Bonchev–Trinajstić information content (AvgIpc) is 2.33. The molecule has 0 unspecified atom stereocenters. The molecule has 6 heteroatoms. The van der Waals surface area contributed by atoms with Gasteiger partial charge in [-0.1, -0.05) is 27.5 Å². The summed E-state index contributed by atoms with van der Waals surface area (Å²) in [6, 6.07) is 10.2. The Hall–Kier alpha value is -1.04. The summed E-state index contributed by atoms with van der Waals surface area (Å²) in [4.78, 5) is 12.2. The van der Waals surface area contributed by atoms with Crippen LogP contribution in [0.1, 0.15) is 10.4 Å². The molecule has 0 bridgehead atoms. The van der Waals surface area contributed by atoms with Crippen LogP contribution in [0.15, 0.2) is 45.3 Å². The molecule has 3 nitrogen and oxygen atoms in total. The number of hydrogen-bond acceptors (Lipinski definition) is 2. The number of hydrogen-bond donors (Lipinski definition) is 2. The van der Waals surface area contributed by atoms with Crippen molar-refractivity contribution in [1.29, 1.82) is 0 Å². The largest absolute Gasteiger partial charge is 0.399 e. The van der Waals surface area contributed by atoms with E-state index in [0.717, 1.165) is 4.47 Å². The lowest BCUT2D eigenvalue weighted by atomic mass is 10.2. The fourth-order valence-electron chi connectivity index (χ4n) is 1.50. The van der Waals surface area contributed by atoms with E-state index in [1.165, 1.54) is 0 Å². The van der Waals surface area contributed by atoms with Crippen LogP contribution in [0.4, 0.5) is 11.4 Å². The number of halogens is 3. The third-order valence-electron chi connectivity index (χ3n) is 2.41. The van der Waals surface area contributed by atoms with E-state index in [1.807, 2.05) is 0 Å².